The van der Waals surface area contributed by atoms with Crippen LogP contribution in [0.5, 0.6) is 5.88 Å². The molecule has 2 aromatic heterocycles. The highest BCUT2D eigenvalue weighted by Gasteiger charge is 2.31. The van der Waals surface area contributed by atoms with Gasteiger partial charge in [-0.25, -0.2) is 13.6 Å². The van der Waals surface area contributed by atoms with E-state index in [2.05, 4.69) is 15.2 Å². The van der Waals surface area contributed by atoms with Gasteiger partial charge in [-0.3, -0.25) is 10.00 Å². The van der Waals surface area contributed by atoms with Gasteiger partial charge in [0.2, 0.25) is 5.88 Å². The molecule has 1 fully saturated rings. The summed E-state index contributed by atoms with van der Waals surface area (Å²) in [6, 6.07) is 7.03. The van der Waals surface area contributed by atoms with E-state index in [-0.39, 0.29) is 12.6 Å². The van der Waals surface area contributed by atoms with Crippen LogP contribution in [0.2, 0.25) is 0 Å². The van der Waals surface area contributed by atoms with Gasteiger partial charge in [0.25, 0.3) is 0 Å². The Morgan fingerprint density at radius 3 is 2.86 bits per heavy atom. The molecule has 9 heteroatoms. The lowest BCUT2D eigenvalue weighted by atomic mass is 10.1. The van der Waals surface area contributed by atoms with Crippen molar-refractivity contribution in [3.05, 3.63) is 59.4 Å². The predicted molar refractivity (Wildman–Crippen MR) is 95.7 cm³/mol. The Morgan fingerprint density at radius 2 is 2.00 bits per heavy atom. The van der Waals surface area contributed by atoms with Crippen LogP contribution in [-0.4, -0.2) is 39.2 Å². The second-order valence-corrected chi connectivity index (χ2v) is 6.68. The Hall–Kier alpha value is -3.49. The maximum absolute atomic E-state index is 13.4. The molecule has 0 radical (unpaired) electrons. The third kappa shape index (κ3) is 2.67. The minimum Gasteiger partial charge on any atom is -0.471 e. The van der Waals surface area contributed by atoms with E-state index in [1.54, 1.807) is 22.1 Å². The fraction of sp³-hybridized carbons (Fsp3) is 0.211. The summed E-state index contributed by atoms with van der Waals surface area (Å²) in [5.74, 6) is -0.882. The SMILES string of the molecule is O=C1N(Cc2ccc(F)c(F)c2)CCN1c1ccc2c(n1)OCc1[nH]ncc1-2. The topological polar surface area (TPSA) is 74.3 Å². The summed E-state index contributed by atoms with van der Waals surface area (Å²) in [5, 5.41) is 6.91. The number of urea groups is 1. The third-order valence-corrected chi connectivity index (χ3v) is 4.94. The zero-order valence-electron chi connectivity index (χ0n) is 14.7. The molecule has 2 amide bonds. The minimum atomic E-state index is -0.923. The van der Waals surface area contributed by atoms with Crippen LogP contribution < -0.4 is 9.64 Å². The van der Waals surface area contributed by atoms with E-state index in [0.717, 1.165) is 29.0 Å². The van der Waals surface area contributed by atoms with Crippen molar-refractivity contribution in [2.24, 2.45) is 0 Å². The molecular formula is C19H15F2N5O2. The summed E-state index contributed by atoms with van der Waals surface area (Å²) >= 11 is 0. The van der Waals surface area contributed by atoms with E-state index in [9.17, 15) is 13.6 Å². The van der Waals surface area contributed by atoms with Crippen LogP contribution in [0.15, 0.2) is 36.5 Å². The second kappa shape index (κ2) is 6.29. The summed E-state index contributed by atoms with van der Waals surface area (Å²) in [6.45, 7) is 1.45. The van der Waals surface area contributed by atoms with Crippen LogP contribution >= 0.6 is 0 Å². The number of H-pyrrole nitrogens is 1. The van der Waals surface area contributed by atoms with E-state index < -0.39 is 11.6 Å². The molecule has 2 aliphatic rings. The highest BCUT2D eigenvalue weighted by molar-refractivity contribution is 5.93. The first-order valence-electron chi connectivity index (χ1n) is 8.77. The van der Waals surface area contributed by atoms with Crippen LogP contribution in [-0.2, 0) is 13.2 Å². The fourth-order valence-corrected chi connectivity index (χ4v) is 3.49. The van der Waals surface area contributed by atoms with E-state index in [1.165, 1.54) is 6.07 Å². The molecule has 5 rings (SSSR count). The van der Waals surface area contributed by atoms with Gasteiger partial charge in [-0.2, -0.15) is 10.1 Å². The number of pyridine rings is 1. The number of nitrogens with one attached hydrogen (secondary N) is 1. The number of rotatable bonds is 3. The molecule has 0 atom stereocenters. The first-order valence-corrected chi connectivity index (χ1v) is 8.77. The Kier molecular flexibility index (Phi) is 3.75. The smallest absolute Gasteiger partial charge is 0.326 e. The van der Waals surface area contributed by atoms with Gasteiger partial charge in [0, 0.05) is 30.8 Å². The maximum Gasteiger partial charge on any atom is 0.326 e. The second-order valence-electron chi connectivity index (χ2n) is 6.68. The van der Waals surface area contributed by atoms with Gasteiger partial charge >= 0.3 is 6.03 Å². The highest BCUT2D eigenvalue weighted by atomic mass is 19.2. The van der Waals surface area contributed by atoms with E-state index in [0.29, 0.717) is 37.0 Å². The normalized spacial score (nSPS) is 15.4. The van der Waals surface area contributed by atoms with Crippen molar-refractivity contribution in [2.75, 3.05) is 18.0 Å². The molecule has 2 aliphatic heterocycles. The summed E-state index contributed by atoms with van der Waals surface area (Å²) in [7, 11) is 0. The number of aromatic nitrogens is 3. The number of ether oxygens (including phenoxy) is 1. The zero-order chi connectivity index (χ0) is 19.3. The lowest BCUT2D eigenvalue weighted by molar-refractivity contribution is 0.218. The lowest BCUT2D eigenvalue weighted by Gasteiger charge is -2.21. The molecule has 0 unspecified atom stereocenters. The summed E-state index contributed by atoms with van der Waals surface area (Å²) in [5.41, 5.74) is 3.18. The van der Waals surface area contributed by atoms with E-state index >= 15 is 0 Å². The molecule has 1 aromatic carbocycles. The molecule has 1 saturated heterocycles. The first-order chi connectivity index (χ1) is 13.6. The number of fused-ring (bicyclic) bond motifs is 3. The van der Waals surface area contributed by atoms with Crippen molar-refractivity contribution in [3.63, 3.8) is 0 Å². The summed E-state index contributed by atoms with van der Waals surface area (Å²) in [4.78, 5) is 20.4. The molecule has 0 saturated carbocycles. The van der Waals surface area contributed by atoms with Gasteiger partial charge in [-0.15, -0.1) is 0 Å². The van der Waals surface area contributed by atoms with Crippen molar-refractivity contribution in [1.82, 2.24) is 20.1 Å². The number of benzene rings is 1. The zero-order valence-corrected chi connectivity index (χ0v) is 14.7. The van der Waals surface area contributed by atoms with Gasteiger partial charge in [0.15, 0.2) is 11.6 Å². The molecule has 1 N–H and O–H groups in total. The van der Waals surface area contributed by atoms with Crippen LogP contribution in [0.25, 0.3) is 11.1 Å². The van der Waals surface area contributed by atoms with Gasteiger partial charge in [0.05, 0.1) is 11.9 Å². The van der Waals surface area contributed by atoms with Crippen LogP contribution in [0.3, 0.4) is 0 Å². The third-order valence-electron chi connectivity index (χ3n) is 4.94. The number of hydrogen-bond donors (Lipinski definition) is 1. The predicted octanol–water partition coefficient (Wildman–Crippen LogP) is 3.08. The highest BCUT2D eigenvalue weighted by Crippen LogP contribution is 2.36. The van der Waals surface area contributed by atoms with Crippen molar-refractivity contribution >= 4 is 11.8 Å². The van der Waals surface area contributed by atoms with Gasteiger partial charge in [-0.1, -0.05) is 6.07 Å². The summed E-state index contributed by atoms with van der Waals surface area (Å²) < 4.78 is 32.2. The standard InChI is InChI=1S/C19H15F2N5O2/c20-14-3-1-11(7-15(14)21)9-25-5-6-26(19(25)27)17-4-2-12-13-8-22-24-16(13)10-28-18(12)23-17/h1-4,7-8H,5-6,9-10H2,(H,22,24). The number of carbonyl (C=O) groups excluding carboxylic acids is 1. The Balaban J connectivity index is 1.36. The van der Waals surface area contributed by atoms with Gasteiger partial charge < -0.3 is 9.64 Å². The van der Waals surface area contributed by atoms with Crippen LogP contribution in [0.1, 0.15) is 11.3 Å². The number of amides is 2. The van der Waals surface area contributed by atoms with Crippen molar-refractivity contribution < 1.29 is 18.3 Å². The maximum atomic E-state index is 13.4. The van der Waals surface area contributed by atoms with Crippen molar-refractivity contribution in [2.45, 2.75) is 13.2 Å². The Bertz CT molecular complexity index is 1080. The van der Waals surface area contributed by atoms with Gasteiger partial charge in [-0.05, 0) is 29.8 Å². The monoisotopic (exact) mass is 383 g/mol. The molecule has 142 valence electrons. The molecule has 0 spiro atoms. The van der Waals surface area contributed by atoms with Crippen LogP contribution in [0, 0.1) is 11.6 Å². The number of aromatic amines is 1. The van der Waals surface area contributed by atoms with E-state index in [4.69, 9.17) is 4.74 Å². The van der Waals surface area contributed by atoms with Gasteiger partial charge in [0.1, 0.15) is 12.4 Å². The molecule has 28 heavy (non-hydrogen) atoms. The molecular weight excluding hydrogens is 368 g/mol. The minimum absolute atomic E-state index is 0.201. The molecule has 0 aliphatic carbocycles. The largest absolute Gasteiger partial charge is 0.471 e. The Labute approximate surface area is 158 Å². The molecule has 3 aromatic rings. The summed E-state index contributed by atoms with van der Waals surface area (Å²) in [6.07, 6.45) is 1.72. The quantitative estimate of drug-likeness (QED) is 0.754. The Morgan fingerprint density at radius 1 is 1.11 bits per heavy atom. The van der Waals surface area contributed by atoms with Crippen LogP contribution in [0.4, 0.5) is 19.4 Å². The van der Waals surface area contributed by atoms with Crippen molar-refractivity contribution in [3.8, 4) is 17.0 Å². The number of nitrogens with zero attached hydrogens (tertiary/aromatic N) is 4. The average molecular weight is 383 g/mol. The van der Waals surface area contributed by atoms with E-state index in [1.807, 2.05) is 6.07 Å². The fourth-order valence-electron chi connectivity index (χ4n) is 3.49. The molecule has 4 heterocycles. The number of carbonyl (C=O) groups is 1. The average Bonchev–Trinajstić information content (AvgIpc) is 3.31. The first kappa shape index (κ1) is 16.7. The van der Waals surface area contributed by atoms with Crippen molar-refractivity contribution in [1.29, 1.82) is 0 Å². The number of halogens is 2. The molecule has 0 bridgehead atoms. The number of hydrogen-bond acceptors (Lipinski definition) is 4. The lowest BCUT2D eigenvalue weighted by Crippen LogP contribution is -2.32. The molecule has 7 nitrogen and oxygen atoms in total. The number of anilines is 1.